The van der Waals surface area contributed by atoms with Gasteiger partial charge in [-0.05, 0) is 24.7 Å². The summed E-state index contributed by atoms with van der Waals surface area (Å²) in [5.74, 6) is 0. The Balaban J connectivity index is 1.54. The zero-order valence-corrected chi connectivity index (χ0v) is 20.0. The van der Waals surface area contributed by atoms with Crippen LogP contribution in [0.1, 0.15) is 12.6 Å². The predicted molar refractivity (Wildman–Crippen MR) is 131 cm³/mol. The van der Waals surface area contributed by atoms with E-state index in [9.17, 15) is 8.42 Å². The summed E-state index contributed by atoms with van der Waals surface area (Å²) in [6, 6.07) is 7.13. The van der Waals surface area contributed by atoms with Gasteiger partial charge in [-0.25, -0.2) is 9.71 Å². The molecule has 0 amide bonds. The monoisotopic (exact) mass is 507 g/mol. The number of halogens is 1. The standard InChI is InChI=1S/C19H22ClN9O2S2/c1-2-21-6-7-22-16-8-13(20)9-23-17(16)11-24-15-4-3-5-18-14(15)10-26-29(18)33(30,31)28-19-25-12-27-32-19/h3-5,8-10,12,21-22,24H,2,6-7,11H2,1H3,(H,25,27,28). The van der Waals surface area contributed by atoms with Crippen LogP contribution in [0.2, 0.25) is 5.02 Å². The van der Waals surface area contributed by atoms with Gasteiger partial charge in [-0.1, -0.05) is 24.6 Å². The van der Waals surface area contributed by atoms with Crippen LogP contribution < -0.4 is 20.7 Å². The van der Waals surface area contributed by atoms with Crippen molar-refractivity contribution in [3.63, 3.8) is 0 Å². The average Bonchev–Trinajstić information content (AvgIpc) is 3.46. The summed E-state index contributed by atoms with van der Waals surface area (Å²) < 4.78 is 32.6. The van der Waals surface area contributed by atoms with E-state index in [4.69, 9.17) is 11.6 Å². The van der Waals surface area contributed by atoms with Crippen molar-refractivity contribution < 1.29 is 8.42 Å². The molecule has 11 nitrogen and oxygen atoms in total. The minimum atomic E-state index is -3.98. The third-order valence-corrected chi connectivity index (χ3v) is 6.75. The molecule has 0 atom stereocenters. The van der Waals surface area contributed by atoms with Crippen molar-refractivity contribution in [3.8, 4) is 0 Å². The lowest BCUT2D eigenvalue weighted by atomic mass is 10.2. The lowest BCUT2D eigenvalue weighted by Gasteiger charge is -2.14. The van der Waals surface area contributed by atoms with Crippen molar-refractivity contribution in [2.45, 2.75) is 13.5 Å². The minimum absolute atomic E-state index is 0.163. The summed E-state index contributed by atoms with van der Waals surface area (Å²) in [7, 11) is -3.98. The lowest BCUT2D eigenvalue weighted by molar-refractivity contribution is 0.588. The van der Waals surface area contributed by atoms with Crippen LogP contribution in [-0.4, -0.2) is 51.6 Å². The highest BCUT2D eigenvalue weighted by Gasteiger charge is 2.20. The van der Waals surface area contributed by atoms with Crippen molar-refractivity contribution in [2.75, 3.05) is 35.0 Å². The number of nitrogens with zero attached hydrogens (tertiary/aromatic N) is 5. The van der Waals surface area contributed by atoms with E-state index in [-0.39, 0.29) is 5.13 Å². The highest BCUT2D eigenvalue weighted by Crippen LogP contribution is 2.26. The van der Waals surface area contributed by atoms with E-state index in [1.54, 1.807) is 18.3 Å². The maximum atomic E-state index is 12.8. The molecule has 3 aromatic heterocycles. The molecule has 14 heteroatoms. The van der Waals surface area contributed by atoms with E-state index in [0.29, 0.717) is 22.5 Å². The second kappa shape index (κ2) is 10.3. The van der Waals surface area contributed by atoms with Gasteiger partial charge in [0.25, 0.3) is 0 Å². The molecule has 0 aliphatic rings. The Morgan fingerprint density at radius 2 is 2.00 bits per heavy atom. The molecule has 0 fully saturated rings. The molecule has 0 radical (unpaired) electrons. The first kappa shape index (κ1) is 23.2. The largest absolute Gasteiger partial charge is 0.382 e. The summed E-state index contributed by atoms with van der Waals surface area (Å²) in [6.07, 6.45) is 4.38. The second-order valence-electron chi connectivity index (χ2n) is 6.86. The summed E-state index contributed by atoms with van der Waals surface area (Å²) in [6.45, 7) is 4.89. The first-order valence-electron chi connectivity index (χ1n) is 10.1. The fraction of sp³-hybridized carbons (Fsp3) is 0.263. The van der Waals surface area contributed by atoms with E-state index in [1.165, 1.54) is 12.5 Å². The highest BCUT2D eigenvalue weighted by molar-refractivity contribution is 7.91. The topological polar surface area (TPSA) is 139 Å². The van der Waals surface area contributed by atoms with Gasteiger partial charge in [-0.3, -0.25) is 4.98 Å². The Bertz CT molecular complexity index is 1330. The number of fused-ring (bicyclic) bond motifs is 1. The van der Waals surface area contributed by atoms with E-state index in [0.717, 1.165) is 52.3 Å². The molecule has 3 heterocycles. The third-order valence-electron chi connectivity index (χ3n) is 4.64. The highest BCUT2D eigenvalue weighted by atomic mass is 35.5. The molecule has 4 N–H and O–H groups in total. The Morgan fingerprint density at radius 3 is 2.79 bits per heavy atom. The minimum Gasteiger partial charge on any atom is -0.382 e. The molecular weight excluding hydrogens is 486 g/mol. The van der Waals surface area contributed by atoms with Crippen molar-refractivity contribution in [2.24, 2.45) is 0 Å². The molecule has 0 saturated carbocycles. The maximum absolute atomic E-state index is 12.8. The molecule has 33 heavy (non-hydrogen) atoms. The van der Waals surface area contributed by atoms with Gasteiger partial charge in [-0.15, -0.1) is 4.09 Å². The molecule has 4 rings (SSSR count). The third kappa shape index (κ3) is 5.50. The van der Waals surface area contributed by atoms with Crippen LogP contribution in [0.3, 0.4) is 0 Å². The van der Waals surface area contributed by atoms with Crippen LogP contribution >= 0.6 is 23.1 Å². The number of pyridine rings is 1. The molecule has 0 aliphatic carbocycles. The maximum Gasteiger partial charge on any atom is 0.345 e. The Morgan fingerprint density at radius 1 is 1.12 bits per heavy atom. The van der Waals surface area contributed by atoms with Gasteiger partial charge in [0.05, 0.1) is 34.7 Å². The van der Waals surface area contributed by atoms with Crippen LogP contribution in [0, 0.1) is 0 Å². The predicted octanol–water partition coefficient (Wildman–Crippen LogP) is 2.77. The summed E-state index contributed by atoms with van der Waals surface area (Å²) in [4.78, 5) is 8.30. The number of nitrogens with one attached hydrogen (secondary N) is 4. The van der Waals surface area contributed by atoms with Crippen LogP contribution in [-0.2, 0) is 16.8 Å². The first-order chi connectivity index (χ1) is 16.0. The first-order valence-corrected chi connectivity index (χ1v) is 12.7. The van der Waals surface area contributed by atoms with E-state index < -0.39 is 10.2 Å². The Hall–Kier alpha value is -3.00. The zero-order chi connectivity index (χ0) is 23.3. The van der Waals surface area contributed by atoms with Gasteiger partial charge in [0.1, 0.15) is 6.33 Å². The number of hydrogen-bond donors (Lipinski definition) is 4. The van der Waals surface area contributed by atoms with Crippen molar-refractivity contribution >= 4 is 60.8 Å². The van der Waals surface area contributed by atoms with Crippen LogP contribution in [0.15, 0.2) is 43.0 Å². The lowest BCUT2D eigenvalue weighted by Crippen LogP contribution is -2.22. The number of benzene rings is 1. The van der Waals surface area contributed by atoms with Gasteiger partial charge in [0, 0.05) is 41.9 Å². The fourth-order valence-electron chi connectivity index (χ4n) is 3.15. The summed E-state index contributed by atoms with van der Waals surface area (Å²) in [5.41, 5.74) is 2.76. The average molecular weight is 508 g/mol. The molecule has 0 unspecified atom stereocenters. The van der Waals surface area contributed by atoms with Crippen LogP contribution in [0.25, 0.3) is 10.9 Å². The van der Waals surface area contributed by atoms with E-state index in [2.05, 4.69) is 47.0 Å². The number of likely N-dealkylation sites (N-methyl/N-ethyl adjacent to an activating group) is 1. The summed E-state index contributed by atoms with van der Waals surface area (Å²) >= 11 is 7.07. The van der Waals surface area contributed by atoms with Gasteiger partial charge in [0.2, 0.25) is 5.13 Å². The molecule has 0 aliphatic heterocycles. The number of aromatic nitrogens is 5. The normalized spacial score (nSPS) is 11.6. The smallest absolute Gasteiger partial charge is 0.345 e. The molecule has 0 saturated heterocycles. The molecular formula is C19H22ClN9O2S2. The van der Waals surface area contributed by atoms with Crippen LogP contribution in [0.5, 0.6) is 0 Å². The number of hydrogen-bond acceptors (Lipinski definition) is 10. The van der Waals surface area contributed by atoms with Crippen molar-refractivity contribution in [3.05, 3.63) is 53.7 Å². The Kier molecular flexibility index (Phi) is 7.23. The molecule has 174 valence electrons. The van der Waals surface area contributed by atoms with Gasteiger partial charge in [0.15, 0.2) is 0 Å². The van der Waals surface area contributed by atoms with E-state index in [1.807, 2.05) is 12.1 Å². The van der Waals surface area contributed by atoms with Crippen molar-refractivity contribution in [1.29, 1.82) is 0 Å². The van der Waals surface area contributed by atoms with E-state index >= 15 is 0 Å². The fourth-order valence-corrected chi connectivity index (χ4v) is 5.01. The number of rotatable bonds is 11. The number of anilines is 3. The molecule has 4 aromatic rings. The molecule has 0 bridgehead atoms. The van der Waals surface area contributed by atoms with Gasteiger partial charge < -0.3 is 16.0 Å². The summed E-state index contributed by atoms with van der Waals surface area (Å²) in [5, 5.41) is 15.4. The second-order valence-corrected chi connectivity index (χ2v) is 9.58. The quantitative estimate of drug-likeness (QED) is 0.226. The molecule has 0 spiro atoms. The SMILES string of the molecule is CCNCCNc1cc(Cl)cnc1CNc1cccc2c1cnn2S(=O)(=O)Nc1ncns1. The van der Waals surface area contributed by atoms with Crippen LogP contribution in [0.4, 0.5) is 16.5 Å². The molecule has 1 aromatic carbocycles. The van der Waals surface area contributed by atoms with Gasteiger partial charge >= 0.3 is 10.2 Å². The van der Waals surface area contributed by atoms with Gasteiger partial charge in [-0.2, -0.15) is 17.9 Å². The zero-order valence-electron chi connectivity index (χ0n) is 17.6. The Labute approximate surface area is 199 Å². The van der Waals surface area contributed by atoms with Crippen molar-refractivity contribution in [1.82, 2.24) is 28.8 Å².